The van der Waals surface area contributed by atoms with Gasteiger partial charge < -0.3 is 14.9 Å². The highest BCUT2D eigenvalue weighted by Gasteiger charge is 2.27. The summed E-state index contributed by atoms with van der Waals surface area (Å²) >= 11 is 0. The molecule has 1 saturated heterocycles. The number of piperazine rings is 1. The lowest BCUT2D eigenvalue weighted by atomic mass is 9.95. The second kappa shape index (κ2) is 9.18. The van der Waals surface area contributed by atoms with Gasteiger partial charge in [-0.15, -0.1) is 6.58 Å². The summed E-state index contributed by atoms with van der Waals surface area (Å²) < 4.78 is 0. The second-order valence-electron chi connectivity index (χ2n) is 7.84. The molecule has 2 unspecified atom stereocenters. The molecule has 0 aliphatic carbocycles. The molecule has 1 fully saturated rings. The summed E-state index contributed by atoms with van der Waals surface area (Å²) in [5.74, 6) is 0.0856. The quantitative estimate of drug-likeness (QED) is 0.749. The van der Waals surface area contributed by atoms with Crippen molar-refractivity contribution in [2.75, 3.05) is 26.2 Å². The van der Waals surface area contributed by atoms with Crippen molar-refractivity contribution in [3.63, 3.8) is 0 Å². The van der Waals surface area contributed by atoms with Crippen molar-refractivity contribution in [1.29, 1.82) is 0 Å². The summed E-state index contributed by atoms with van der Waals surface area (Å²) in [7, 11) is 0. The maximum absolute atomic E-state index is 12.6. The Kier molecular flexibility index (Phi) is 7.19. The van der Waals surface area contributed by atoms with Crippen LogP contribution in [0, 0.1) is 12.8 Å². The Bertz CT molecular complexity index is 659. The summed E-state index contributed by atoms with van der Waals surface area (Å²) in [6.07, 6.45) is 3.67. The van der Waals surface area contributed by atoms with Crippen molar-refractivity contribution < 1.29 is 14.7 Å². The zero-order valence-electron chi connectivity index (χ0n) is 16.8. The minimum Gasteiger partial charge on any atom is -0.386 e. The molecule has 5 nitrogen and oxygen atoms in total. The van der Waals surface area contributed by atoms with Crippen molar-refractivity contribution in [1.82, 2.24) is 9.80 Å². The molecular formula is C22H32N2O3. The van der Waals surface area contributed by atoms with E-state index in [0.29, 0.717) is 38.2 Å². The van der Waals surface area contributed by atoms with Crippen LogP contribution in [0.3, 0.4) is 0 Å². The number of benzene rings is 1. The number of carbonyl (C=O) groups is 2. The van der Waals surface area contributed by atoms with Crippen LogP contribution in [-0.4, -0.2) is 58.5 Å². The molecule has 0 bridgehead atoms. The van der Waals surface area contributed by atoms with Gasteiger partial charge in [0, 0.05) is 37.7 Å². The molecule has 1 heterocycles. The predicted octanol–water partition coefficient (Wildman–Crippen LogP) is 3.02. The molecule has 1 aromatic carbocycles. The van der Waals surface area contributed by atoms with Crippen LogP contribution in [0.25, 0.3) is 0 Å². The van der Waals surface area contributed by atoms with E-state index in [0.717, 1.165) is 18.4 Å². The van der Waals surface area contributed by atoms with E-state index in [-0.39, 0.29) is 17.7 Å². The lowest BCUT2D eigenvalue weighted by Gasteiger charge is -2.36. The molecule has 27 heavy (non-hydrogen) atoms. The molecule has 1 N–H and O–H groups in total. The maximum atomic E-state index is 12.6. The summed E-state index contributed by atoms with van der Waals surface area (Å²) in [6, 6.07) is 7.60. The van der Waals surface area contributed by atoms with Crippen molar-refractivity contribution in [2.45, 2.75) is 45.6 Å². The third kappa shape index (κ3) is 5.93. The normalized spacial score (nSPS) is 17.9. The molecule has 0 spiro atoms. The molecule has 0 saturated carbocycles. The Morgan fingerprint density at radius 3 is 2.30 bits per heavy atom. The van der Waals surface area contributed by atoms with Crippen molar-refractivity contribution in [2.24, 2.45) is 5.92 Å². The summed E-state index contributed by atoms with van der Waals surface area (Å²) in [5, 5.41) is 9.96. The average Bonchev–Trinajstić information content (AvgIpc) is 2.67. The van der Waals surface area contributed by atoms with Gasteiger partial charge in [0.1, 0.15) is 0 Å². The third-order valence-corrected chi connectivity index (χ3v) is 5.36. The topological polar surface area (TPSA) is 60.9 Å². The van der Waals surface area contributed by atoms with Crippen molar-refractivity contribution >= 4 is 11.8 Å². The highest BCUT2D eigenvalue weighted by molar-refractivity contribution is 5.94. The van der Waals surface area contributed by atoms with Crippen LogP contribution in [0.15, 0.2) is 36.9 Å². The number of carbonyl (C=O) groups excluding carboxylic acids is 2. The number of amides is 2. The summed E-state index contributed by atoms with van der Waals surface area (Å²) in [6.45, 7) is 11.6. The minimum atomic E-state index is -0.870. The first-order chi connectivity index (χ1) is 12.7. The number of hydrogen-bond donors (Lipinski definition) is 1. The van der Waals surface area contributed by atoms with Crippen LogP contribution in [-0.2, 0) is 4.79 Å². The third-order valence-electron chi connectivity index (χ3n) is 5.36. The molecule has 2 amide bonds. The van der Waals surface area contributed by atoms with Gasteiger partial charge in [-0.25, -0.2) is 0 Å². The average molecular weight is 373 g/mol. The molecule has 5 heteroatoms. The van der Waals surface area contributed by atoms with Gasteiger partial charge in [-0.2, -0.15) is 0 Å². The number of hydrogen-bond acceptors (Lipinski definition) is 3. The zero-order valence-corrected chi connectivity index (χ0v) is 16.8. The van der Waals surface area contributed by atoms with Crippen molar-refractivity contribution in [3.8, 4) is 0 Å². The monoisotopic (exact) mass is 372 g/mol. The van der Waals surface area contributed by atoms with Crippen molar-refractivity contribution in [3.05, 3.63) is 48.0 Å². The molecule has 2 atom stereocenters. The number of aliphatic hydroxyl groups is 1. The molecule has 148 valence electrons. The lowest BCUT2D eigenvalue weighted by Crippen LogP contribution is -2.51. The van der Waals surface area contributed by atoms with Gasteiger partial charge in [0.15, 0.2) is 0 Å². The van der Waals surface area contributed by atoms with Crippen LogP contribution in [0.4, 0.5) is 0 Å². The Hall–Kier alpha value is -2.14. The lowest BCUT2D eigenvalue weighted by molar-refractivity contribution is -0.136. The van der Waals surface area contributed by atoms with E-state index >= 15 is 0 Å². The van der Waals surface area contributed by atoms with E-state index in [1.54, 1.807) is 13.0 Å². The Labute approximate surface area is 162 Å². The number of nitrogens with zero attached hydrogens (tertiary/aromatic N) is 2. The van der Waals surface area contributed by atoms with Crippen LogP contribution >= 0.6 is 0 Å². The number of rotatable bonds is 7. The summed E-state index contributed by atoms with van der Waals surface area (Å²) in [4.78, 5) is 28.9. The maximum Gasteiger partial charge on any atom is 0.253 e. The Balaban J connectivity index is 1.80. The molecule has 1 aromatic rings. The second-order valence-corrected chi connectivity index (χ2v) is 7.84. The van der Waals surface area contributed by atoms with Gasteiger partial charge in [-0.05, 0) is 45.2 Å². The molecule has 1 aliphatic heterocycles. The Morgan fingerprint density at radius 1 is 1.19 bits per heavy atom. The van der Waals surface area contributed by atoms with E-state index in [4.69, 9.17) is 0 Å². The van der Waals surface area contributed by atoms with Crippen LogP contribution in [0.1, 0.15) is 49.0 Å². The SMILES string of the molecule is C=CC(C)(O)CCCC(C)C(=O)N1CCN(C(=O)c2ccc(C)cc2)CC1. The van der Waals surface area contributed by atoms with Gasteiger partial charge in [0.05, 0.1) is 5.60 Å². The molecule has 1 aliphatic rings. The predicted molar refractivity (Wildman–Crippen MR) is 107 cm³/mol. The van der Waals surface area contributed by atoms with E-state index in [1.807, 2.05) is 47.9 Å². The van der Waals surface area contributed by atoms with E-state index in [9.17, 15) is 14.7 Å². The highest BCUT2D eigenvalue weighted by Crippen LogP contribution is 2.19. The first-order valence-electron chi connectivity index (χ1n) is 9.74. The van der Waals surface area contributed by atoms with Gasteiger partial charge in [-0.3, -0.25) is 9.59 Å². The van der Waals surface area contributed by atoms with E-state index in [1.165, 1.54) is 0 Å². The standard InChI is InChI=1S/C22H32N2O3/c1-5-22(4,27)12-6-7-18(3)20(25)23-13-15-24(16-14-23)21(26)19-10-8-17(2)9-11-19/h5,8-11,18,27H,1,6-7,12-16H2,2-4H3. The molecule has 2 rings (SSSR count). The van der Waals surface area contributed by atoms with E-state index < -0.39 is 5.60 Å². The largest absolute Gasteiger partial charge is 0.386 e. The van der Waals surface area contributed by atoms with Gasteiger partial charge in [0.25, 0.3) is 5.91 Å². The Morgan fingerprint density at radius 2 is 1.74 bits per heavy atom. The first kappa shape index (κ1) is 21.2. The fourth-order valence-electron chi connectivity index (χ4n) is 3.31. The highest BCUT2D eigenvalue weighted by atomic mass is 16.3. The van der Waals surface area contributed by atoms with Crippen LogP contribution in [0.2, 0.25) is 0 Å². The number of aryl methyl sites for hydroxylation is 1. The van der Waals surface area contributed by atoms with Gasteiger partial charge in [-0.1, -0.05) is 30.7 Å². The molecule has 0 aromatic heterocycles. The molecule has 0 radical (unpaired) electrons. The summed E-state index contributed by atoms with van der Waals surface area (Å²) in [5.41, 5.74) is 0.957. The first-order valence-corrected chi connectivity index (χ1v) is 9.74. The van der Waals surface area contributed by atoms with Crippen LogP contribution < -0.4 is 0 Å². The zero-order chi connectivity index (χ0) is 20.0. The van der Waals surface area contributed by atoms with E-state index in [2.05, 4.69) is 6.58 Å². The van der Waals surface area contributed by atoms with Crippen LogP contribution in [0.5, 0.6) is 0 Å². The van der Waals surface area contributed by atoms with Gasteiger partial charge >= 0.3 is 0 Å². The van der Waals surface area contributed by atoms with Gasteiger partial charge in [0.2, 0.25) is 5.91 Å². The molecular weight excluding hydrogens is 340 g/mol. The minimum absolute atomic E-state index is 0.0294. The smallest absolute Gasteiger partial charge is 0.253 e. The fourth-order valence-corrected chi connectivity index (χ4v) is 3.31. The fraction of sp³-hybridized carbons (Fsp3) is 0.545.